The number of anilines is 2. The molecule has 4 rings (SSSR count). The summed E-state index contributed by atoms with van der Waals surface area (Å²) in [5.41, 5.74) is 6.37. The number of amides is 2. The topological polar surface area (TPSA) is 138 Å². The lowest BCUT2D eigenvalue weighted by Gasteiger charge is -2.38. The van der Waals surface area contributed by atoms with Crippen molar-refractivity contribution >= 4 is 47.1 Å². The Kier molecular flexibility index (Phi) is 6.45. The van der Waals surface area contributed by atoms with Crippen molar-refractivity contribution in [2.75, 3.05) is 37.7 Å². The fourth-order valence-electron chi connectivity index (χ4n) is 3.83. The molecule has 0 atom stereocenters. The highest BCUT2D eigenvalue weighted by Gasteiger charge is 2.40. The van der Waals surface area contributed by atoms with Crippen LogP contribution >= 0.6 is 11.6 Å². The number of carbonyl (C=O) groups excluding carboxylic acids is 2. The normalized spacial score (nSPS) is 17.0. The van der Waals surface area contributed by atoms with Crippen LogP contribution in [0.4, 0.5) is 11.6 Å². The summed E-state index contributed by atoms with van der Waals surface area (Å²) >= 11 is 5.93. The number of guanidine groups is 1. The van der Waals surface area contributed by atoms with Gasteiger partial charge in [0.25, 0.3) is 5.91 Å². The molecule has 1 aromatic carbocycles. The van der Waals surface area contributed by atoms with Gasteiger partial charge in [-0.2, -0.15) is 0 Å². The van der Waals surface area contributed by atoms with Crippen LogP contribution in [0.5, 0.6) is 0 Å². The second-order valence-corrected chi connectivity index (χ2v) is 8.30. The molecule has 2 aliphatic heterocycles. The highest BCUT2D eigenvalue weighted by atomic mass is 35.5. The number of halogens is 1. The first-order valence-electron chi connectivity index (χ1n) is 10.6. The van der Waals surface area contributed by atoms with Gasteiger partial charge in [-0.1, -0.05) is 41.9 Å². The number of nitrogens with two attached hydrogens (primary N) is 1. The maximum Gasteiger partial charge on any atom is 0.280 e. The van der Waals surface area contributed by atoms with Crippen LogP contribution in [-0.4, -0.2) is 64.9 Å². The Morgan fingerprint density at radius 2 is 1.94 bits per heavy atom. The fraction of sp³-hybridized carbons (Fsp3) is 0.318. The summed E-state index contributed by atoms with van der Waals surface area (Å²) in [6.07, 6.45) is 4.87. The molecule has 11 heteroatoms. The van der Waals surface area contributed by atoms with Crippen molar-refractivity contribution in [3.05, 3.63) is 52.8 Å². The van der Waals surface area contributed by atoms with Gasteiger partial charge in [0.05, 0.1) is 12.1 Å². The van der Waals surface area contributed by atoms with E-state index < -0.39 is 5.91 Å². The molecular weight excluding hydrogens is 444 g/mol. The van der Waals surface area contributed by atoms with Crippen molar-refractivity contribution in [1.29, 1.82) is 0 Å². The van der Waals surface area contributed by atoms with Gasteiger partial charge in [0.15, 0.2) is 28.4 Å². The minimum Gasteiger partial charge on any atom is -0.381 e. The van der Waals surface area contributed by atoms with E-state index in [4.69, 9.17) is 17.3 Å². The summed E-state index contributed by atoms with van der Waals surface area (Å²) in [6.45, 7) is 1.72. The minimum atomic E-state index is -0.504. The summed E-state index contributed by atoms with van der Waals surface area (Å²) in [5.74, 6) is 0.0988. The molecule has 0 saturated carbocycles. The zero-order valence-electron chi connectivity index (χ0n) is 18.1. The monoisotopic (exact) mass is 468 g/mol. The number of nitrogen functional groups attached to an aromatic ring is 1. The van der Waals surface area contributed by atoms with Crippen molar-refractivity contribution in [2.45, 2.75) is 18.4 Å². The molecule has 1 spiro atoms. The van der Waals surface area contributed by atoms with Crippen LogP contribution in [0.1, 0.15) is 28.9 Å². The molecule has 33 heavy (non-hydrogen) atoms. The number of aliphatic imine (C=N–C) groups is 1. The first-order valence-corrected chi connectivity index (χ1v) is 10.9. The largest absolute Gasteiger partial charge is 0.381 e. The third-order valence-electron chi connectivity index (χ3n) is 5.74. The van der Waals surface area contributed by atoms with E-state index in [2.05, 4.69) is 30.9 Å². The van der Waals surface area contributed by atoms with Crippen LogP contribution < -0.4 is 21.7 Å². The highest BCUT2D eigenvalue weighted by Crippen LogP contribution is 2.26. The number of hydrogen-bond donors (Lipinski definition) is 4. The summed E-state index contributed by atoms with van der Waals surface area (Å²) < 4.78 is 0. The molecule has 2 amide bonds. The molecule has 2 aliphatic rings. The van der Waals surface area contributed by atoms with Crippen LogP contribution in [0.3, 0.4) is 0 Å². The number of benzene rings is 1. The quantitative estimate of drug-likeness (QED) is 0.499. The molecule has 0 aliphatic carbocycles. The van der Waals surface area contributed by atoms with Gasteiger partial charge in [0.2, 0.25) is 5.91 Å². The zero-order valence-corrected chi connectivity index (χ0v) is 18.9. The van der Waals surface area contributed by atoms with E-state index in [1.54, 1.807) is 13.1 Å². The van der Waals surface area contributed by atoms with Gasteiger partial charge in [-0.05, 0) is 24.5 Å². The van der Waals surface area contributed by atoms with E-state index in [0.717, 1.165) is 18.4 Å². The maximum atomic E-state index is 12.7. The fourth-order valence-corrected chi connectivity index (χ4v) is 3.96. The van der Waals surface area contributed by atoms with Crippen LogP contribution in [0, 0.1) is 0 Å². The molecule has 1 saturated heterocycles. The van der Waals surface area contributed by atoms with Crippen LogP contribution in [-0.2, 0) is 4.79 Å². The first kappa shape index (κ1) is 22.5. The molecule has 10 nitrogen and oxygen atoms in total. The Balaban J connectivity index is 1.32. The minimum absolute atomic E-state index is 0.0143. The van der Waals surface area contributed by atoms with E-state index in [1.807, 2.05) is 41.3 Å². The summed E-state index contributed by atoms with van der Waals surface area (Å²) in [7, 11) is 1.61. The molecule has 3 heterocycles. The molecule has 172 valence electrons. The van der Waals surface area contributed by atoms with Gasteiger partial charge in [0, 0.05) is 26.2 Å². The number of piperidine rings is 1. The average molecular weight is 469 g/mol. The molecule has 0 unspecified atom stereocenters. The maximum absolute atomic E-state index is 12.7. The predicted octanol–water partition coefficient (Wildman–Crippen LogP) is 1.52. The lowest BCUT2D eigenvalue weighted by molar-refractivity contribution is -0.127. The van der Waals surface area contributed by atoms with Gasteiger partial charge >= 0.3 is 0 Å². The van der Waals surface area contributed by atoms with Crippen LogP contribution in [0.2, 0.25) is 5.15 Å². The third-order valence-corrected chi connectivity index (χ3v) is 6.01. The Labute approximate surface area is 196 Å². The average Bonchev–Trinajstić information content (AvgIpc) is 3.21. The second-order valence-electron chi connectivity index (χ2n) is 7.94. The van der Waals surface area contributed by atoms with Gasteiger partial charge < -0.3 is 21.3 Å². The summed E-state index contributed by atoms with van der Waals surface area (Å²) in [5, 5.41) is 8.79. The number of aromatic nitrogens is 2. The van der Waals surface area contributed by atoms with Crippen molar-refractivity contribution in [2.24, 2.45) is 4.99 Å². The SMILES string of the molecule is CNc1nc(N)c(Cl)nc1C(=O)NC1=NCC2(CCN(C(=O)/C=C/c3ccccc3)CC2)N1. The van der Waals surface area contributed by atoms with Crippen LogP contribution in [0.25, 0.3) is 6.08 Å². The van der Waals surface area contributed by atoms with Gasteiger partial charge in [-0.25, -0.2) is 9.97 Å². The Morgan fingerprint density at radius 1 is 1.21 bits per heavy atom. The Hall–Kier alpha value is -3.66. The van der Waals surface area contributed by atoms with Crippen molar-refractivity contribution < 1.29 is 9.59 Å². The van der Waals surface area contributed by atoms with Crippen molar-refractivity contribution in [3.8, 4) is 0 Å². The standard InChI is InChI=1S/C22H25ClN8O2/c1-25-19-16(27-17(23)18(24)28-19)20(33)29-21-26-13-22(30-21)9-11-31(12-10-22)15(32)8-7-14-5-3-2-4-6-14/h2-8H,9-13H2,1H3,(H3,24,25,28)(H2,26,29,30,33)/b8-7+. The second kappa shape index (κ2) is 9.45. The first-order chi connectivity index (χ1) is 15.9. The lowest BCUT2D eigenvalue weighted by atomic mass is 9.88. The summed E-state index contributed by atoms with van der Waals surface area (Å²) in [4.78, 5) is 39.6. The smallest absolute Gasteiger partial charge is 0.280 e. The Bertz CT molecular complexity index is 1110. The van der Waals surface area contributed by atoms with Crippen LogP contribution in [0.15, 0.2) is 41.4 Å². The number of likely N-dealkylation sites (tertiary alicyclic amines) is 1. The van der Waals surface area contributed by atoms with E-state index in [-0.39, 0.29) is 33.9 Å². The molecule has 1 aromatic heterocycles. The summed E-state index contributed by atoms with van der Waals surface area (Å²) in [6, 6.07) is 9.71. The highest BCUT2D eigenvalue weighted by molar-refractivity contribution is 6.31. The van der Waals surface area contributed by atoms with E-state index >= 15 is 0 Å². The molecule has 0 radical (unpaired) electrons. The number of carbonyl (C=O) groups is 2. The molecule has 5 N–H and O–H groups in total. The lowest BCUT2D eigenvalue weighted by Crippen LogP contribution is -2.56. The third kappa shape index (κ3) is 5.06. The number of nitrogens with zero attached hydrogens (tertiary/aromatic N) is 4. The van der Waals surface area contributed by atoms with Gasteiger partial charge in [-0.15, -0.1) is 0 Å². The number of nitrogens with one attached hydrogen (secondary N) is 3. The van der Waals surface area contributed by atoms with Gasteiger partial charge in [0.1, 0.15) is 0 Å². The van der Waals surface area contributed by atoms with Gasteiger partial charge in [-0.3, -0.25) is 19.9 Å². The Morgan fingerprint density at radius 3 is 2.64 bits per heavy atom. The van der Waals surface area contributed by atoms with Crippen molar-refractivity contribution in [3.63, 3.8) is 0 Å². The molecular formula is C22H25ClN8O2. The molecule has 2 aromatic rings. The predicted molar refractivity (Wildman–Crippen MR) is 128 cm³/mol. The van der Waals surface area contributed by atoms with Crippen molar-refractivity contribution in [1.82, 2.24) is 25.5 Å². The zero-order chi connectivity index (χ0) is 23.4. The van der Waals surface area contributed by atoms with E-state index in [0.29, 0.717) is 25.6 Å². The molecule has 1 fully saturated rings. The number of hydrogen-bond acceptors (Lipinski definition) is 8. The van der Waals surface area contributed by atoms with E-state index in [1.165, 1.54) is 0 Å². The molecule has 0 bridgehead atoms. The number of rotatable bonds is 4. The van der Waals surface area contributed by atoms with E-state index in [9.17, 15) is 9.59 Å².